The Bertz CT molecular complexity index is 599. The zero-order valence-corrected chi connectivity index (χ0v) is 11.5. The third-order valence-electron chi connectivity index (χ3n) is 2.48. The van der Waals surface area contributed by atoms with Crippen molar-refractivity contribution in [2.75, 3.05) is 5.73 Å². The zero-order valence-electron chi connectivity index (χ0n) is 9.97. The fourth-order valence-corrected chi connectivity index (χ4v) is 2.56. The van der Waals surface area contributed by atoms with Crippen molar-refractivity contribution in [1.82, 2.24) is 0 Å². The predicted octanol–water partition coefficient (Wildman–Crippen LogP) is 3.70. The fourth-order valence-electron chi connectivity index (χ4n) is 1.57. The highest BCUT2D eigenvalue weighted by Crippen LogP contribution is 2.31. The minimum atomic E-state index is -0.828. The lowest BCUT2D eigenvalue weighted by Crippen LogP contribution is -1.99. The van der Waals surface area contributed by atoms with Crippen LogP contribution in [0, 0.1) is 0 Å². The van der Waals surface area contributed by atoms with E-state index in [1.54, 1.807) is 17.8 Å². The lowest BCUT2D eigenvalue weighted by atomic mass is 10.2. The summed E-state index contributed by atoms with van der Waals surface area (Å²) in [6.45, 7) is 0. The Kier molecular flexibility index (Phi) is 4.35. The Labute approximate surface area is 120 Å². The van der Waals surface area contributed by atoms with Gasteiger partial charge in [-0.15, -0.1) is 0 Å². The number of anilines is 1. The summed E-state index contributed by atoms with van der Waals surface area (Å²) in [5, 5.41) is 9.24. The lowest BCUT2D eigenvalue weighted by Gasteiger charge is -2.05. The maximum absolute atomic E-state index is 10.6. The molecule has 0 amide bonds. The quantitative estimate of drug-likeness (QED) is 0.844. The highest BCUT2D eigenvalue weighted by molar-refractivity contribution is 7.99. The van der Waals surface area contributed by atoms with Crippen LogP contribution in [0.4, 0.5) is 5.69 Å². The van der Waals surface area contributed by atoms with E-state index in [9.17, 15) is 4.79 Å². The molecule has 0 atom stereocenters. The monoisotopic (exact) mass is 293 g/mol. The molecule has 0 heterocycles. The van der Waals surface area contributed by atoms with Gasteiger partial charge in [-0.1, -0.05) is 35.5 Å². The van der Waals surface area contributed by atoms with Crippen molar-refractivity contribution >= 4 is 35.0 Å². The van der Waals surface area contributed by atoms with Gasteiger partial charge in [0.2, 0.25) is 0 Å². The topological polar surface area (TPSA) is 63.3 Å². The summed E-state index contributed by atoms with van der Waals surface area (Å²) in [6.07, 6.45) is 0.0405. The number of benzene rings is 2. The standard InChI is InChI=1S/C14H12ClNO2S/c15-12-6-5-11(8-13(12)16)19-10-3-1-9(2-4-10)7-14(17)18/h1-6,8H,7,16H2,(H,17,18). The van der Waals surface area contributed by atoms with Crippen LogP contribution in [-0.2, 0) is 11.2 Å². The Morgan fingerprint density at radius 3 is 2.37 bits per heavy atom. The van der Waals surface area contributed by atoms with Gasteiger partial charge in [0.25, 0.3) is 0 Å². The number of hydrogen-bond donors (Lipinski definition) is 2. The molecule has 3 nitrogen and oxygen atoms in total. The molecule has 0 fully saturated rings. The molecule has 0 aromatic heterocycles. The molecular weight excluding hydrogens is 282 g/mol. The number of carboxylic acids is 1. The molecule has 2 aromatic carbocycles. The molecular formula is C14H12ClNO2S. The zero-order chi connectivity index (χ0) is 13.8. The molecule has 98 valence electrons. The Morgan fingerprint density at radius 2 is 1.79 bits per heavy atom. The van der Waals surface area contributed by atoms with Crippen molar-refractivity contribution < 1.29 is 9.90 Å². The van der Waals surface area contributed by atoms with E-state index in [0.717, 1.165) is 15.4 Å². The van der Waals surface area contributed by atoms with Crippen LogP contribution in [-0.4, -0.2) is 11.1 Å². The van der Waals surface area contributed by atoms with Crippen molar-refractivity contribution in [3.63, 3.8) is 0 Å². The first-order chi connectivity index (χ1) is 9.04. The van der Waals surface area contributed by atoms with Crippen LogP contribution < -0.4 is 5.73 Å². The largest absolute Gasteiger partial charge is 0.481 e. The third kappa shape index (κ3) is 3.91. The lowest BCUT2D eigenvalue weighted by molar-refractivity contribution is -0.136. The second-order valence-corrected chi connectivity index (χ2v) is 5.55. The van der Waals surface area contributed by atoms with Crippen LogP contribution in [0.5, 0.6) is 0 Å². The Morgan fingerprint density at radius 1 is 1.16 bits per heavy atom. The van der Waals surface area contributed by atoms with Crippen LogP contribution in [0.2, 0.25) is 5.02 Å². The van der Waals surface area contributed by atoms with E-state index in [4.69, 9.17) is 22.4 Å². The summed E-state index contributed by atoms with van der Waals surface area (Å²) < 4.78 is 0. The van der Waals surface area contributed by atoms with Gasteiger partial charge in [-0.05, 0) is 35.9 Å². The molecule has 19 heavy (non-hydrogen) atoms. The summed E-state index contributed by atoms with van der Waals surface area (Å²) in [6, 6.07) is 12.9. The summed E-state index contributed by atoms with van der Waals surface area (Å²) >= 11 is 7.41. The molecule has 5 heteroatoms. The minimum absolute atomic E-state index is 0.0405. The van der Waals surface area contributed by atoms with Gasteiger partial charge in [0, 0.05) is 9.79 Å². The maximum Gasteiger partial charge on any atom is 0.307 e. The van der Waals surface area contributed by atoms with E-state index >= 15 is 0 Å². The molecule has 0 unspecified atom stereocenters. The van der Waals surface area contributed by atoms with Gasteiger partial charge in [-0.2, -0.15) is 0 Å². The van der Waals surface area contributed by atoms with Crippen LogP contribution >= 0.6 is 23.4 Å². The molecule has 2 aromatic rings. The van der Waals surface area contributed by atoms with Gasteiger partial charge in [0.15, 0.2) is 0 Å². The van der Waals surface area contributed by atoms with E-state index < -0.39 is 5.97 Å². The van der Waals surface area contributed by atoms with E-state index in [2.05, 4.69) is 0 Å². The number of rotatable bonds is 4. The number of nitrogens with two attached hydrogens (primary N) is 1. The Balaban J connectivity index is 2.10. The molecule has 3 N–H and O–H groups in total. The smallest absolute Gasteiger partial charge is 0.307 e. The summed E-state index contributed by atoms with van der Waals surface area (Å²) in [7, 11) is 0. The molecule has 0 spiro atoms. The highest BCUT2D eigenvalue weighted by Gasteiger charge is 2.03. The van der Waals surface area contributed by atoms with Crippen LogP contribution in [0.1, 0.15) is 5.56 Å². The van der Waals surface area contributed by atoms with E-state index in [1.807, 2.05) is 36.4 Å². The Hall–Kier alpha value is -1.65. The van der Waals surface area contributed by atoms with Gasteiger partial charge in [-0.25, -0.2) is 0 Å². The molecule has 0 bridgehead atoms. The first-order valence-corrected chi connectivity index (χ1v) is 6.77. The van der Waals surface area contributed by atoms with Crippen molar-refractivity contribution in [3.05, 3.63) is 53.1 Å². The van der Waals surface area contributed by atoms with Crippen LogP contribution in [0.25, 0.3) is 0 Å². The number of halogens is 1. The molecule has 0 aliphatic heterocycles. The number of hydrogen-bond acceptors (Lipinski definition) is 3. The second-order valence-electron chi connectivity index (χ2n) is 4.00. The van der Waals surface area contributed by atoms with E-state index in [1.165, 1.54) is 0 Å². The van der Waals surface area contributed by atoms with Gasteiger partial charge in [-0.3, -0.25) is 4.79 Å². The van der Waals surface area contributed by atoms with Crippen LogP contribution in [0.15, 0.2) is 52.3 Å². The number of carboxylic acid groups (broad SMARTS) is 1. The molecule has 0 saturated heterocycles. The number of carbonyl (C=O) groups is 1. The second kappa shape index (κ2) is 5.99. The van der Waals surface area contributed by atoms with Crippen molar-refractivity contribution in [2.45, 2.75) is 16.2 Å². The van der Waals surface area contributed by atoms with Crippen molar-refractivity contribution in [3.8, 4) is 0 Å². The van der Waals surface area contributed by atoms with Gasteiger partial charge in [0.05, 0.1) is 17.1 Å². The average Bonchev–Trinajstić information content (AvgIpc) is 2.36. The average molecular weight is 294 g/mol. The fraction of sp³-hybridized carbons (Fsp3) is 0.0714. The minimum Gasteiger partial charge on any atom is -0.481 e. The maximum atomic E-state index is 10.6. The molecule has 0 aliphatic rings. The van der Waals surface area contributed by atoms with Crippen molar-refractivity contribution in [2.24, 2.45) is 0 Å². The number of nitrogen functional groups attached to an aromatic ring is 1. The summed E-state index contributed by atoms with van der Waals surface area (Å²) in [4.78, 5) is 12.6. The van der Waals surface area contributed by atoms with Crippen LogP contribution in [0.3, 0.4) is 0 Å². The van der Waals surface area contributed by atoms with Gasteiger partial charge >= 0.3 is 5.97 Å². The van der Waals surface area contributed by atoms with Crippen molar-refractivity contribution in [1.29, 1.82) is 0 Å². The van der Waals surface area contributed by atoms with Gasteiger partial charge in [0.1, 0.15) is 0 Å². The van der Waals surface area contributed by atoms with Gasteiger partial charge < -0.3 is 10.8 Å². The normalized spacial score (nSPS) is 10.4. The molecule has 0 aliphatic carbocycles. The molecule has 2 rings (SSSR count). The summed E-state index contributed by atoms with van der Waals surface area (Å²) in [5.41, 5.74) is 7.08. The van der Waals surface area contributed by atoms with E-state index in [-0.39, 0.29) is 6.42 Å². The SMILES string of the molecule is Nc1cc(Sc2ccc(CC(=O)O)cc2)ccc1Cl. The highest BCUT2D eigenvalue weighted by atomic mass is 35.5. The first-order valence-electron chi connectivity index (χ1n) is 5.58. The summed E-state index contributed by atoms with van der Waals surface area (Å²) in [5.74, 6) is -0.828. The first kappa shape index (κ1) is 13.8. The van der Waals surface area contributed by atoms with E-state index in [0.29, 0.717) is 10.7 Å². The molecule has 0 radical (unpaired) electrons. The molecule has 0 saturated carbocycles. The third-order valence-corrected chi connectivity index (χ3v) is 3.82. The predicted molar refractivity (Wildman–Crippen MR) is 77.8 cm³/mol. The number of aliphatic carboxylic acids is 1.